The second-order valence-corrected chi connectivity index (χ2v) is 9.26. The van der Waals surface area contributed by atoms with Gasteiger partial charge in [-0.3, -0.25) is 0 Å². The highest BCUT2D eigenvalue weighted by Gasteiger charge is 2.42. The van der Waals surface area contributed by atoms with Crippen LogP contribution in [0.1, 0.15) is 20.8 Å². The number of carbonyl (C=O) groups is 2. The van der Waals surface area contributed by atoms with Gasteiger partial charge in [0.1, 0.15) is 0 Å². The van der Waals surface area contributed by atoms with Gasteiger partial charge in [0, 0.05) is 56.2 Å². The van der Waals surface area contributed by atoms with E-state index in [1.807, 2.05) is 20.8 Å². The van der Waals surface area contributed by atoms with Crippen molar-refractivity contribution in [3.8, 4) is 0 Å². The van der Waals surface area contributed by atoms with Crippen LogP contribution in [0.5, 0.6) is 0 Å². The molecule has 0 aliphatic carbocycles. The Balaban J connectivity index is 0. The predicted octanol–water partition coefficient (Wildman–Crippen LogP) is 2.53. The van der Waals surface area contributed by atoms with Crippen LogP contribution in [-0.2, 0) is 27.1 Å². The number of aliphatic carboxylic acids is 1. The topological polar surface area (TPSA) is 91.3 Å². The first-order valence-electron chi connectivity index (χ1n) is 7.40. The Labute approximate surface area is 172 Å². The van der Waals surface area contributed by atoms with Crippen LogP contribution in [0.4, 0.5) is 0 Å². The van der Waals surface area contributed by atoms with Gasteiger partial charge in [0.15, 0.2) is 0 Å². The van der Waals surface area contributed by atoms with E-state index in [0.717, 1.165) is 6.08 Å². The minimum absolute atomic E-state index is 0.0111. The molecule has 1 unspecified atom stereocenters. The molecular formula is C13H26O7S4Si. The second-order valence-electron chi connectivity index (χ2n) is 4.25. The molecule has 0 aliphatic heterocycles. The summed E-state index contributed by atoms with van der Waals surface area (Å²) in [5.74, 6) is -2.01. The van der Waals surface area contributed by atoms with E-state index in [1.54, 1.807) is 0 Å². The highest BCUT2D eigenvalue weighted by molar-refractivity contribution is 8.00. The quantitative estimate of drug-likeness (QED) is 0.109. The van der Waals surface area contributed by atoms with Crippen molar-refractivity contribution in [2.45, 2.75) is 36.6 Å². The maximum Gasteiger partial charge on any atom is 0.502 e. The van der Waals surface area contributed by atoms with Gasteiger partial charge in [-0.05, 0) is 20.8 Å². The van der Waals surface area contributed by atoms with Gasteiger partial charge in [-0.25, -0.2) is 9.59 Å². The van der Waals surface area contributed by atoms with Gasteiger partial charge in [-0.1, -0.05) is 0 Å². The molecule has 1 atom stereocenters. The fraction of sp³-hybridized carbons (Fsp3) is 0.692. The smallest absolute Gasteiger partial charge is 0.478 e. The Hall–Kier alpha value is 0.177. The van der Waals surface area contributed by atoms with E-state index in [2.05, 4.69) is 55.0 Å². The van der Waals surface area contributed by atoms with Crippen molar-refractivity contribution < 1.29 is 32.2 Å². The van der Waals surface area contributed by atoms with Crippen LogP contribution in [0, 0.1) is 0 Å². The number of carbonyl (C=O) groups excluding carboxylic acids is 1. The molecule has 0 rings (SSSR count). The van der Waals surface area contributed by atoms with Gasteiger partial charge >= 0.3 is 20.7 Å². The lowest BCUT2D eigenvalue weighted by Gasteiger charge is -2.31. The van der Waals surface area contributed by atoms with E-state index in [9.17, 15) is 9.59 Å². The zero-order chi connectivity index (χ0) is 19.9. The molecule has 1 N–H and O–H groups in total. The molecule has 0 aromatic carbocycles. The van der Waals surface area contributed by atoms with Crippen molar-refractivity contribution in [3.63, 3.8) is 0 Å². The number of thiol groups is 4. The first kappa shape index (κ1) is 27.4. The van der Waals surface area contributed by atoms with Crippen LogP contribution < -0.4 is 0 Å². The van der Waals surface area contributed by atoms with E-state index in [-0.39, 0.29) is 9.83 Å². The van der Waals surface area contributed by atoms with E-state index in [0.29, 0.717) is 31.9 Å². The van der Waals surface area contributed by atoms with Crippen LogP contribution in [0.3, 0.4) is 0 Å². The van der Waals surface area contributed by atoms with Gasteiger partial charge in [0.2, 0.25) is 0 Å². The van der Waals surface area contributed by atoms with Gasteiger partial charge < -0.3 is 22.6 Å². The third-order valence-corrected chi connectivity index (χ3v) is 7.67. The van der Waals surface area contributed by atoms with Gasteiger partial charge in [-0.2, -0.15) is 37.9 Å². The highest BCUT2D eigenvalue weighted by Crippen LogP contribution is 2.26. The number of hydrogen-bond acceptors (Lipinski definition) is 10. The van der Waals surface area contributed by atoms with Crippen molar-refractivity contribution in [2.24, 2.45) is 0 Å². The van der Waals surface area contributed by atoms with Gasteiger partial charge in [-0.15, -0.1) is 0 Å². The zero-order valence-corrected chi connectivity index (χ0v) is 18.9. The van der Waals surface area contributed by atoms with E-state index >= 15 is 0 Å². The Morgan fingerprint density at radius 3 is 1.72 bits per heavy atom. The fourth-order valence-corrected chi connectivity index (χ4v) is 5.50. The Morgan fingerprint density at radius 2 is 1.44 bits per heavy atom. The van der Waals surface area contributed by atoms with Crippen molar-refractivity contribution in [3.05, 3.63) is 12.2 Å². The molecule has 0 bridgehead atoms. The van der Waals surface area contributed by atoms with Crippen molar-refractivity contribution in [2.75, 3.05) is 19.8 Å². The summed E-state index contributed by atoms with van der Waals surface area (Å²) in [5.41, 5.74) is 0. The molecule has 148 valence electrons. The summed E-state index contributed by atoms with van der Waals surface area (Å²) >= 11 is 16.1. The summed E-state index contributed by atoms with van der Waals surface area (Å²) in [7, 11) is -2.60. The van der Waals surface area contributed by atoms with Crippen LogP contribution in [0.25, 0.3) is 0 Å². The van der Waals surface area contributed by atoms with Crippen LogP contribution >= 0.6 is 50.8 Å². The molecule has 0 spiro atoms. The first-order valence-corrected chi connectivity index (χ1v) is 11.2. The number of carboxylic acids is 1. The summed E-state index contributed by atoms with van der Waals surface area (Å²) in [4.78, 5) is 19.8. The van der Waals surface area contributed by atoms with Crippen molar-refractivity contribution in [1.29, 1.82) is 0 Å². The molecule has 0 aliphatic rings. The molecule has 0 saturated heterocycles. The Bertz CT molecular complexity index is 393. The SMILES string of the molecule is CCO[Si](CC(S)C(S)S)(OCC)OCC.O=C(O)/C=C/C(=O)OS. The molecular weight excluding hydrogens is 424 g/mol. The first-order chi connectivity index (χ1) is 11.7. The Morgan fingerprint density at radius 1 is 1.00 bits per heavy atom. The summed E-state index contributed by atoms with van der Waals surface area (Å²) in [6, 6.07) is 0.628. The number of hydrogen-bond donors (Lipinski definition) is 5. The number of rotatable bonds is 11. The van der Waals surface area contributed by atoms with E-state index < -0.39 is 20.7 Å². The molecule has 0 saturated carbocycles. The summed E-state index contributed by atoms with van der Waals surface area (Å²) in [6.45, 7) is 7.55. The lowest BCUT2D eigenvalue weighted by molar-refractivity contribution is -0.132. The standard InChI is InChI=1S/C9H22O3S3Si.C4H4O4S/c1-4-10-16(11-5-2,12-6-3)7-8(13)9(14)15;5-3(6)1-2-4(7)8-9/h8-9,13-15H,4-7H2,1-3H3;1-2,9H,(H,5,6)/b;2-1+. The van der Waals surface area contributed by atoms with Crippen LogP contribution in [0.2, 0.25) is 6.04 Å². The summed E-state index contributed by atoms with van der Waals surface area (Å²) < 4.78 is 20.8. The molecule has 0 aromatic rings. The van der Waals surface area contributed by atoms with Gasteiger partial charge in [0.25, 0.3) is 0 Å². The minimum atomic E-state index is -2.60. The van der Waals surface area contributed by atoms with Crippen molar-refractivity contribution >= 4 is 71.5 Å². The highest BCUT2D eigenvalue weighted by atomic mass is 32.2. The normalized spacial score (nSPS) is 12.6. The zero-order valence-electron chi connectivity index (χ0n) is 14.3. The molecule has 0 amide bonds. The predicted molar refractivity (Wildman–Crippen MR) is 112 cm³/mol. The third kappa shape index (κ3) is 15.0. The second kappa shape index (κ2) is 16.4. The monoisotopic (exact) mass is 450 g/mol. The Kier molecular flexibility index (Phi) is 17.9. The summed E-state index contributed by atoms with van der Waals surface area (Å²) in [5, 5.41) is 7.93. The molecule has 0 radical (unpaired) electrons. The fourth-order valence-electron chi connectivity index (χ4n) is 1.49. The largest absolute Gasteiger partial charge is 0.502 e. The average molecular weight is 451 g/mol. The molecule has 0 fully saturated rings. The molecule has 0 heterocycles. The lowest BCUT2D eigenvalue weighted by Crippen LogP contribution is -2.48. The maximum absolute atomic E-state index is 10.1. The van der Waals surface area contributed by atoms with E-state index in [1.165, 1.54) is 0 Å². The average Bonchev–Trinajstić information content (AvgIpc) is 2.53. The molecule has 25 heavy (non-hydrogen) atoms. The van der Waals surface area contributed by atoms with Crippen LogP contribution in [-0.4, -0.2) is 55.5 Å². The maximum atomic E-state index is 10.1. The summed E-state index contributed by atoms with van der Waals surface area (Å²) in [6.07, 6.45) is 1.42. The molecule has 12 heteroatoms. The van der Waals surface area contributed by atoms with Crippen molar-refractivity contribution in [1.82, 2.24) is 0 Å². The molecule has 0 aromatic heterocycles. The minimum Gasteiger partial charge on any atom is -0.478 e. The molecule has 7 nitrogen and oxygen atoms in total. The lowest BCUT2D eigenvalue weighted by atomic mass is 10.5. The third-order valence-electron chi connectivity index (χ3n) is 2.35. The number of carboxylic acid groups (broad SMARTS) is 1. The van der Waals surface area contributed by atoms with Gasteiger partial charge in [0.05, 0.1) is 4.58 Å². The van der Waals surface area contributed by atoms with Crippen LogP contribution in [0.15, 0.2) is 12.2 Å². The van der Waals surface area contributed by atoms with E-state index in [4.69, 9.17) is 18.4 Å².